The van der Waals surface area contributed by atoms with Crippen molar-refractivity contribution in [3.63, 3.8) is 0 Å². The maximum Gasteiger partial charge on any atom is 0.138 e. The molecule has 11 aromatic rings. The molecule has 0 saturated heterocycles. The van der Waals surface area contributed by atoms with Crippen molar-refractivity contribution in [2.45, 2.75) is 0 Å². The summed E-state index contributed by atoms with van der Waals surface area (Å²) in [6, 6.07) is 41.0. The number of pyridine rings is 4. The average Bonchev–Trinajstić information content (AvgIpc) is 3.88. The molecule has 238 valence electrons. The van der Waals surface area contributed by atoms with Crippen LogP contribution in [0, 0.1) is 0 Å². The molecule has 0 aliphatic rings. The molecule has 0 N–H and O–H groups in total. The molecule has 0 spiro atoms. The van der Waals surface area contributed by atoms with Gasteiger partial charge in [-0.15, -0.1) is 0 Å². The number of aromatic nitrogens is 4. The number of hydrogen-bond acceptors (Lipinski definition) is 7. The zero-order valence-electron chi connectivity index (χ0n) is 26.9. The summed E-state index contributed by atoms with van der Waals surface area (Å²) in [4.78, 5) is 18.7. The molecule has 0 unspecified atom stereocenters. The van der Waals surface area contributed by atoms with Crippen molar-refractivity contribution in [2.24, 2.45) is 0 Å². The Hall–Kier alpha value is -7.12. The zero-order chi connectivity index (χ0) is 33.5. The highest BCUT2D eigenvalue weighted by Gasteiger charge is 2.15. The minimum Gasteiger partial charge on any atom is -0.456 e. The van der Waals surface area contributed by atoms with E-state index in [2.05, 4.69) is 52.4 Å². The normalized spacial score (nSPS) is 11.9. The van der Waals surface area contributed by atoms with E-state index < -0.39 is 0 Å². The molecular weight excluding hydrogens is 633 g/mol. The first-order valence-electron chi connectivity index (χ1n) is 16.7. The summed E-state index contributed by atoms with van der Waals surface area (Å²) in [6.45, 7) is 0. The minimum absolute atomic E-state index is 0.796. The lowest BCUT2D eigenvalue weighted by Gasteiger charge is -2.07. The van der Waals surface area contributed by atoms with E-state index >= 15 is 0 Å². The Morgan fingerprint density at radius 1 is 0.314 bits per heavy atom. The van der Waals surface area contributed by atoms with Crippen LogP contribution in [-0.4, -0.2) is 19.9 Å². The van der Waals surface area contributed by atoms with Crippen molar-refractivity contribution in [3.05, 3.63) is 146 Å². The van der Waals surface area contributed by atoms with Gasteiger partial charge >= 0.3 is 0 Å². The molecule has 4 aromatic carbocycles. The zero-order valence-corrected chi connectivity index (χ0v) is 26.9. The van der Waals surface area contributed by atoms with E-state index in [0.717, 1.165) is 111 Å². The number of furan rings is 3. The molecule has 0 amide bonds. The molecule has 7 nitrogen and oxygen atoms in total. The fourth-order valence-electron chi connectivity index (χ4n) is 7.17. The van der Waals surface area contributed by atoms with E-state index in [-0.39, 0.29) is 0 Å². The van der Waals surface area contributed by atoms with Crippen LogP contribution in [-0.2, 0) is 0 Å². The molecule has 0 atom stereocenters. The van der Waals surface area contributed by atoms with Gasteiger partial charge in [0.25, 0.3) is 0 Å². The van der Waals surface area contributed by atoms with Crippen LogP contribution < -0.4 is 0 Å². The van der Waals surface area contributed by atoms with E-state index in [9.17, 15) is 0 Å². The van der Waals surface area contributed by atoms with Crippen molar-refractivity contribution in [1.82, 2.24) is 19.9 Å². The van der Waals surface area contributed by atoms with Gasteiger partial charge in [-0.1, -0.05) is 24.3 Å². The van der Waals surface area contributed by atoms with Crippen LogP contribution in [0.3, 0.4) is 0 Å². The fourth-order valence-corrected chi connectivity index (χ4v) is 7.17. The van der Waals surface area contributed by atoms with Crippen LogP contribution in [0.25, 0.3) is 111 Å². The first-order chi connectivity index (χ1) is 25.2. The number of nitrogens with zero attached hydrogens (tertiary/aromatic N) is 4. The van der Waals surface area contributed by atoms with Gasteiger partial charge in [0.15, 0.2) is 0 Å². The lowest BCUT2D eigenvalue weighted by Crippen LogP contribution is -1.92. The van der Waals surface area contributed by atoms with Crippen LogP contribution in [0.1, 0.15) is 0 Å². The molecular formula is C44H24N4O3. The predicted molar refractivity (Wildman–Crippen MR) is 201 cm³/mol. The summed E-state index contributed by atoms with van der Waals surface area (Å²) >= 11 is 0. The Kier molecular flexibility index (Phi) is 5.83. The molecule has 51 heavy (non-hydrogen) atoms. The van der Waals surface area contributed by atoms with Gasteiger partial charge in [-0.3, -0.25) is 9.97 Å². The number of rotatable bonds is 4. The van der Waals surface area contributed by atoms with Gasteiger partial charge in [-0.05, 0) is 108 Å². The van der Waals surface area contributed by atoms with Gasteiger partial charge in [0.1, 0.15) is 33.5 Å². The maximum absolute atomic E-state index is 6.28. The van der Waals surface area contributed by atoms with E-state index in [1.54, 1.807) is 12.4 Å². The third-order valence-electron chi connectivity index (χ3n) is 9.70. The van der Waals surface area contributed by atoms with Crippen LogP contribution in [0.15, 0.2) is 159 Å². The van der Waals surface area contributed by atoms with Crippen molar-refractivity contribution in [2.75, 3.05) is 0 Å². The Morgan fingerprint density at radius 3 is 1.12 bits per heavy atom. The van der Waals surface area contributed by atoms with Crippen molar-refractivity contribution >= 4 is 65.8 Å². The van der Waals surface area contributed by atoms with Crippen molar-refractivity contribution in [1.29, 1.82) is 0 Å². The van der Waals surface area contributed by atoms with Gasteiger partial charge in [-0.2, -0.15) is 0 Å². The molecule has 7 heterocycles. The highest BCUT2D eigenvalue weighted by atomic mass is 16.3. The summed E-state index contributed by atoms with van der Waals surface area (Å²) in [5.74, 6) is 0. The summed E-state index contributed by atoms with van der Waals surface area (Å²) in [7, 11) is 0. The first kappa shape index (κ1) is 27.8. The Bertz CT molecular complexity index is 3170. The lowest BCUT2D eigenvalue weighted by atomic mass is 10.00. The van der Waals surface area contributed by atoms with Gasteiger partial charge in [0.05, 0.1) is 22.8 Å². The second-order valence-electron chi connectivity index (χ2n) is 12.7. The van der Waals surface area contributed by atoms with Crippen molar-refractivity contribution in [3.8, 4) is 45.0 Å². The van der Waals surface area contributed by atoms with Crippen LogP contribution in [0.5, 0.6) is 0 Å². The molecule has 0 radical (unpaired) electrons. The standard InChI is InChI=1S/C44H24N4O3/c1-3-35(47-37(5-1)38-6-2-4-36(48-38)28-10-14-42-32(22-28)34-24-46-18-16-44(34)51-42)27-9-13-40-30(21-27)29-19-25(7-11-39(29)49-40)26-8-12-41-31(20-26)33-23-45-17-15-43(33)50-41/h1-24H. The monoisotopic (exact) mass is 656 g/mol. The topological polar surface area (TPSA) is 91.0 Å². The number of fused-ring (bicyclic) bond motifs is 9. The molecule has 0 aliphatic heterocycles. The third kappa shape index (κ3) is 4.45. The predicted octanol–water partition coefficient (Wildman–Crippen LogP) is 11.6. The smallest absolute Gasteiger partial charge is 0.138 e. The summed E-state index contributed by atoms with van der Waals surface area (Å²) < 4.78 is 18.3. The second-order valence-corrected chi connectivity index (χ2v) is 12.7. The van der Waals surface area contributed by atoms with E-state index in [1.165, 1.54) is 0 Å². The van der Waals surface area contributed by atoms with Gasteiger partial charge in [0.2, 0.25) is 0 Å². The Balaban J connectivity index is 0.960. The lowest BCUT2D eigenvalue weighted by molar-refractivity contribution is 0.668. The largest absolute Gasteiger partial charge is 0.456 e. The van der Waals surface area contributed by atoms with Crippen molar-refractivity contribution < 1.29 is 13.3 Å². The molecule has 0 fully saturated rings. The summed E-state index contributed by atoms with van der Waals surface area (Å²) in [5.41, 5.74) is 12.5. The summed E-state index contributed by atoms with van der Waals surface area (Å²) in [6.07, 6.45) is 7.19. The van der Waals surface area contributed by atoms with Gasteiger partial charge in [0, 0.05) is 68.2 Å². The minimum atomic E-state index is 0.796. The number of hydrogen-bond donors (Lipinski definition) is 0. The molecule has 11 rings (SSSR count). The van der Waals surface area contributed by atoms with Crippen LogP contribution in [0.2, 0.25) is 0 Å². The Labute approximate surface area is 289 Å². The fraction of sp³-hybridized carbons (Fsp3) is 0. The summed E-state index contributed by atoms with van der Waals surface area (Å²) in [5, 5.41) is 6.14. The maximum atomic E-state index is 6.28. The third-order valence-corrected chi connectivity index (χ3v) is 9.70. The average molecular weight is 657 g/mol. The van der Waals surface area contributed by atoms with E-state index in [1.807, 2.05) is 91.3 Å². The highest BCUT2D eigenvalue weighted by Crippen LogP contribution is 2.37. The van der Waals surface area contributed by atoms with E-state index in [0.29, 0.717) is 0 Å². The molecule has 0 saturated carbocycles. The van der Waals surface area contributed by atoms with Crippen LogP contribution >= 0.6 is 0 Å². The quantitative estimate of drug-likeness (QED) is 0.186. The molecule has 0 aliphatic carbocycles. The highest BCUT2D eigenvalue weighted by molar-refractivity contribution is 6.09. The van der Waals surface area contributed by atoms with Gasteiger partial charge in [-0.25, -0.2) is 9.97 Å². The number of benzene rings is 4. The molecule has 7 aromatic heterocycles. The SMILES string of the molecule is c1cc(-c2ccc3oc4ccncc4c3c2)nc(-c2cccc(-c3ccc4oc5ccc(-c6ccc7oc8ccncc8c7c6)cc5c4c3)n2)c1. The Morgan fingerprint density at radius 2 is 0.667 bits per heavy atom. The van der Waals surface area contributed by atoms with Crippen LogP contribution in [0.4, 0.5) is 0 Å². The van der Waals surface area contributed by atoms with Gasteiger partial charge < -0.3 is 13.3 Å². The molecule has 7 heteroatoms. The van der Waals surface area contributed by atoms with E-state index in [4.69, 9.17) is 23.2 Å². The molecule has 0 bridgehead atoms. The second kappa shape index (κ2) is 10.7. The first-order valence-corrected chi connectivity index (χ1v) is 16.7.